The Labute approximate surface area is 199 Å². The van der Waals surface area contributed by atoms with Gasteiger partial charge < -0.3 is 14.6 Å². The van der Waals surface area contributed by atoms with Crippen LogP contribution < -0.4 is 14.4 Å². The van der Waals surface area contributed by atoms with Gasteiger partial charge in [-0.3, -0.25) is 14.5 Å². The molecule has 1 amide bonds. The third-order valence-corrected chi connectivity index (χ3v) is 5.75. The number of Topliss-reactive ketones (excluding diaryl/α,β-unsaturated/α-hetero) is 1. The molecule has 1 aliphatic rings. The predicted molar refractivity (Wildman–Crippen MR) is 131 cm³/mol. The van der Waals surface area contributed by atoms with E-state index in [2.05, 4.69) is 0 Å². The fourth-order valence-electron chi connectivity index (χ4n) is 4.08. The predicted octanol–water partition coefficient (Wildman–Crippen LogP) is 5.42. The molecule has 4 rings (SSSR count). The quantitative estimate of drug-likeness (QED) is 0.291. The highest BCUT2D eigenvalue weighted by Crippen LogP contribution is 2.42. The minimum absolute atomic E-state index is 0.0497. The maximum Gasteiger partial charge on any atom is 0.300 e. The standard InChI is InChI=1S/C28H27NO5/c1-4-16-34-23-12-8-19(9-13-23)26(30)24-25(20-7-5-6-18(2)17-20)29(28(32)27(24)31)21-10-14-22(33-3)15-11-21/h5-15,17,25,30H,4,16H2,1-3H3/b26-24-. The van der Waals surface area contributed by atoms with E-state index in [0.717, 1.165) is 17.5 Å². The molecule has 0 aromatic heterocycles. The molecule has 34 heavy (non-hydrogen) atoms. The van der Waals surface area contributed by atoms with Gasteiger partial charge >= 0.3 is 0 Å². The maximum absolute atomic E-state index is 13.2. The molecule has 1 fully saturated rings. The summed E-state index contributed by atoms with van der Waals surface area (Å²) >= 11 is 0. The van der Waals surface area contributed by atoms with Gasteiger partial charge in [0.25, 0.3) is 11.7 Å². The second-order valence-electron chi connectivity index (χ2n) is 8.15. The summed E-state index contributed by atoms with van der Waals surface area (Å²) < 4.78 is 10.8. The third kappa shape index (κ3) is 4.39. The number of aliphatic hydroxyl groups excluding tert-OH is 1. The SMILES string of the molecule is CCCOc1ccc(/C(O)=C2/C(=O)C(=O)N(c3ccc(OC)cc3)C2c2cccc(C)c2)cc1. The lowest BCUT2D eigenvalue weighted by molar-refractivity contribution is -0.132. The number of aryl methyl sites for hydroxylation is 1. The molecule has 1 saturated heterocycles. The first-order valence-electron chi connectivity index (χ1n) is 11.2. The number of ether oxygens (including phenoxy) is 2. The normalized spacial score (nSPS) is 17.1. The first-order valence-corrected chi connectivity index (χ1v) is 11.2. The van der Waals surface area contributed by atoms with Gasteiger partial charge in [0, 0.05) is 11.3 Å². The van der Waals surface area contributed by atoms with Crippen molar-refractivity contribution in [2.24, 2.45) is 0 Å². The van der Waals surface area contributed by atoms with Gasteiger partial charge in [-0.15, -0.1) is 0 Å². The lowest BCUT2D eigenvalue weighted by atomic mass is 9.94. The molecular weight excluding hydrogens is 430 g/mol. The Bertz CT molecular complexity index is 1230. The van der Waals surface area contributed by atoms with E-state index in [4.69, 9.17) is 9.47 Å². The van der Waals surface area contributed by atoms with Gasteiger partial charge in [-0.1, -0.05) is 36.8 Å². The van der Waals surface area contributed by atoms with Crippen LogP contribution in [0.4, 0.5) is 5.69 Å². The van der Waals surface area contributed by atoms with Gasteiger partial charge in [-0.05, 0) is 67.4 Å². The Morgan fingerprint density at radius 3 is 2.26 bits per heavy atom. The van der Waals surface area contributed by atoms with Crippen molar-refractivity contribution >= 4 is 23.1 Å². The van der Waals surface area contributed by atoms with Crippen molar-refractivity contribution in [3.8, 4) is 11.5 Å². The number of anilines is 1. The zero-order chi connectivity index (χ0) is 24.2. The van der Waals surface area contributed by atoms with E-state index in [9.17, 15) is 14.7 Å². The highest BCUT2D eigenvalue weighted by molar-refractivity contribution is 6.51. The first-order chi connectivity index (χ1) is 16.4. The molecular formula is C28H27NO5. The summed E-state index contributed by atoms with van der Waals surface area (Å²) in [5.74, 6) is -0.333. The van der Waals surface area contributed by atoms with E-state index in [1.54, 1.807) is 55.6 Å². The molecule has 0 radical (unpaired) electrons. The van der Waals surface area contributed by atoms with Gasteiger partial charge in [0.2, 0.25) is 0 Å². The topological polar surface area (TPSA) is 76.1 Å². The number of hydrogen-bond acceptors (Lipinski definition) is 5. The molecule has 0 aliphatic carbocycles. The van der Waals surface area contributed by atoms with Crippen LogP contribution in [0.2, 0.25) is 0 Å². The zero-order valence-corrected chi connectivity index (χ0v) is 19.4. The van der Waals surface area contributed by atoms with Gasteiger partial charge in [0.1, 0.15) is 17.3 Å². The fourth-order valence-corrected chi connectivity index (χ4v) is 4.08. The van der Waals surface area contributed by atoms with Crippen LogP contribution in [0.5, 0.6) is 11.5 Å². The number of methoxy groups -OCH3 is 1. The molecule has 0 saturated carbocycles. The number of ketones is 1. The lowest BCUT2D eigenvalue weighted by Gasteiger charge is -2.26. The van der Waals surface area contributed by atoms with Crippen molar-refractivity contribution in [2.45, 2.75) is 26.3 Å². The van der Waals surface area contributed by atoms with E-state index in [1.807, 2.05) is 38.1 Å². The third-order valence-electron chi connectivity index (χ3n) is 5.75. The van der Waals surface area contributed by atoms with Crippen LogP contribution in [0.3, 0.4) is 0 Å². The summed E-state index contributed by atoms with van der Waals surface area (Å²) in [7, 11) is 1.56. The smallest absolute Gasteiger partial charge is 0.300 e. The van der Waals surface area contributed by atoms with Crippen LogP contribution in [0.1, 0.15) is 36.1 Å². The molecule has 3 aromatic rings. The molecule has 3 aromatic carbocycles. The fraction of sp³-hybridized carbons (Fsp3) is 0.214. The number of carbonyl (C=O) groups excluding carboxylic acids is 2. The first kappa shape index (κ1) is 23.1. The minimum atomic E-state index is -0.774. The summed E-state index contributed by atoms with van der Waals surface area (Å²) in [6.07, 6.45) is 0.882. The maximum atomic E-state index is 13.2. The summed E-state index contributed by atoms with van der Waals surface area (Å²) in [4.78, 5) is 27.9. The molecule has 1 heterocycles. The zero-order valence-electron chi connectivity index (χ0n) is 19.4. The number of aliphatic hydroxyl groups is 1. The summed E-state index contributed by atoms with van der Waals surface area (Å²) in [5.41, 5.74) is 2.74. The number of benzene rings is 3. The average molecular weight is 458 g/mol. The molecule has 1 N–H and O–H groups in total. The number of nitrogens with zero attached hydrogens (tertiary/aromatic N) is 1. The van der Waals surface area contributed by atoms with Crippen LogP contribution in [0, 0.1) is 6.92 Å². The van der Waals surface area contributed by atoms with Gasteiger partial charge in [0.05, 0.1) is 25.3 Å². The average Bonchev–Trinajstić information content (AvgIpc) is 3.13. The van der Waals surface area contributed by atoms with E-state index in [0.29, 0.717) is 29.4 Å². The van der Waals surface area contributed by atoms with Gasteiger partial charge in [-0.25, -0.2) is 0 Å². The van der Waals surface area contributed by atoms with Crippen LogP contribution in [0.15, 0.2) is 78.4 Å². The molecule has 174 valence electrons. The Kier molecular flexibility index (Phi) is 6.68. The number of amides is 1. The molecule has 0 spiro atoms. The molecule has 6 nitrogen and oxygen atoms in total. The van der Waals surface area contributed by atoms with Crippen LogP contribution >= 0.6 is 0 Å². The van der Waals surface area contributed by atoms with E-state index in [-0.39, 0.29) is 11.3 Å². The van der Waals surface area contributed by atoms with Crippen LogP contribution in [-0.2, 0) is 9.59 Å². The van der Waals surface area contributed by atoms with Crippen molar-refractivity contribution in [2.75, 3.05) is 18.6 Å². The van der Waals surface area contributed by atoms with Gasteiger partial charge in [0.15, 0.2) is 0 Å². The second kappa shape index (κ2) is 9.83. The van der Waals surface area contributed by atoms with Crippen LogP contribution in [0.25, 0.3) is 5.76 Å². The Morgan fingerprint density at radius 1 is 0.971 bits per heavy atom. The molecule has 6 heteroatoms. The highest BCUT2D eigenvalue weighted by atomic mass is 16.5. The van der Waals surface area contributed by atoms with Crippen molar-refractivity contribution in [1.29, 1.82) is 0 Å². The number of carbonyl (C=O) groups is 2. The number of rotatable bonds is 7. The van der Waals surface area contributed by atoms with E-state index < -0.39 is 17.7 Å². The second-order valence-corrected chi connectivity index (χ2v) is 8.15. The Morgan fingerprint density at radius 2 is 1.65 bits per heavy atom. The lowest BCUT2D eigenvalue weighted by Crippen LogP contribution is -2.29. The summed E-state index contributed by atoms with van der Waals surface area (Å²) in [6.45, 7) is 4.55. The largest absolute Gasteiger partial charge is 0.507 e. The highest BCUT2D eigenvalue weighted by Gasteiger charge is 2.47. The van der Waals surface area contributed by atoms with E-state index in [1.165, 1.54) is 4.90 Å². The monoisotopic (exact) mass is 457 g/mol. The Balaban J connectivity index is 1.84. The Hall–Kier alpha value is -4.06. The molecule has 1 unspecified atom stereocenters. The van der Waals surface area contributed by atoms with Crippen LogP contribution in [-0.4, -0.2) is 30.5 Å². The van der Waals surface area contributed by atoms with Crippen molar-refractivity contribution in [1.82, 2.24) is 0 Å². The molecule has 0 bridgehead atoms. The van der Waals surface area contributed by atoms with Crippen molar-refractivity contribution in [3.63, 3.8) is 0 Å². The molecule has 1 atom stereocenters. The summed E-state index contributed by atoms with van der Waals surface area (Å²) in [5, 5.41) is 11.2. The van der Waals surface area contributed by atoms with Crippen molar-refractivity contribution in [3.05, 3.63) is 95.1 Å². The van der Waals surface area contributed by atoms with E-state index >= 15 is 0 Å². The molecule has 1 aliphatic heterocycles. The number of hydrogen-bond donors (Lipinski definition) is 1. The minimum Gasteiger partial charge on any atom is -0.507 e. The summed E-state index contributed by atoms with van der Waals surface area (Å²) in [6, 6.07) is 20.6. The van der Waals surface area contributed by atoms with Gasteiger partial charge in [-0.2, -0.15) is 0 Å². The van der Waals surface area contributed by atoms with Crippen molar-refractivity contribution < 1.29 is 24.2 Å².